The second-order valence-corrected chi connectivity index (χ2v) is 1.81. The molecule has 0 unspecified atom stereocenters. The highest BCUT2D eigenvalue weighted by molar-refractivity contribution is 8.24. The van der Waals surface area contributed by atoms with Crippen LogP contribution in [0.1, 0.15) is 0 Å². The van der Waals surface area contributed by atoms with Crippen molar-refractivity contribution in [1.82, 2.24) is 0 Å². The first-order chi connectivity index (χ1) is 3.68. The Bertz CT molecular complexity index is 103. The summed E-state index contributed by atoms with van der Waals surface area (Å²) in [4.78, 5) is 0. The third-order valence-electron chi connectivity index (χ3n) is 0.384. The standard InChI is InChI=1S/C3H4F2N2S/c4-2(5)3(7)8-1-6/h1-2,6-7H. The molecule has 0 radical (unpaired) electrons. The molecule has 2 nitrogen and oxygen atoms in total. The van der Waals surface area contributed by atoms with Gasteiger partial charge in [0.25, 0.3) is 6.43 Å². The quantitative estimate of drug-likeness (QED) is 0.441. The Kier molecular flexibility index (Phi) is 3.34. The Hall–Kier alpha value is -0.450. The number of rotatable bonds is 2. The Labute approximate surface area is 49.3 Å². The molecular weight excluding hydrogens is 134 g/mol. The summed E-state index contributed by atoms with van der Waals surface area (Å²) in [5.41, 5.74) is 0.703. The molecule has 46 valence electrons. The Morgan fingerprint density at radius 1 is 1.62 bits per heavy atom. The summed E-state index contributed by atoms with van der Waals surface area (Å²) in [5, 5.41) is 11.9. The summed E-state index contributed by atoms with van der Waals surface area (Å²) in [7, 11) is 0. The number of alkyl halides is 2. The van der Waals surface area contributed by atoms with Crippen molar-refractivity contribution in [2.45, 2.75) is 6.43 Å². The van der Waals surface area contributed by atoms with E-state index in [4.69, 9.17) is 10.8 Å². The predicted molar refractivity (Wildman–Crippen MR) is 30.1 cm³/mol. The Morgan fingerprint density at radius 2 is 2.12 bits per heavy atom. The molecule has 5 heteroatoms. The van der Waals surface area contributed by atoms with E-state index in [9.17, 15) is 8.78 Å². The van der Waals surface area contributed by atoms with Crippen LogP contribution in [-0.4, -0.2) is 17.0 Å². The van der Waals surface area contributed by atoms with Gasteiger partial charge in [-0.1, -0.05) is 11.8 Å². The van der Waals surface area contributed by atoms with Crippen LogP contribution in [0.2, 0.25) is 0 Å². The summed E-state index contributed by atoms with van der Waals surface area (Å²) >= 11 is 0.414. The number of nitrogens with one attached hydrogen (secondary N) is 2. The van der Waals surface area contributed by atoms with Crippen molar-refractivity contribution in [2.75, 3.05) is 0 Å². The zero-order chi connectivity index (χ0) is 6.57. The highest BCUT2D eigenvalue weighted by Gasteiger charge is 2.08. The van der Waals surface area contributed by atoms with Gasteiger partial charge in [-0.3, -0.25) is 5.41 Å². The summed E-state index contributed by atoms with van der Waals surface area (Å²) < 4.78 is 22.5. The van der Waals surface area contributed by atoms with Gasteiger partial charge in [-0.15, -0.1) is 0 Å². The van der Waals surface area contributed by atoms with Gasteiger partial charge in [0.2, 0.25) is 0 Å². The summed E-state index contributed by atoms with van der Waals surface area (Å²) in [6, 6.07) is 0. The van der Waals surface area contributed by atoms with Gasteiger partial charge < -0.3 is 5.41 Å². The van der Waals surface area contributed by atoms with Crippen LogP contribution in [0.3, 0.4) is 0 Å². The number of hydrogen-bond acceptors (Lipinski definition) is 3. The first kappa shape index (κ1) is 7.55. The van der Waals surface area contributed by atoms with E-state index in [0.717, 1.165) is 0 Å². The van der Waals surface area contributed by atoms with E-state index in [2.05, 4.69) is 0 Å². The minimum Gasteiger partial charge on any atom is -0.301 e. The van der Waals surface area contributed by atoms with Crippen LogP contribution >= 0.6 is 11.8 Å². The van der Waals surface area contributed by atoms with Gasteiger partial charge in [0, 0.05) is 0 Å². The maximum absolute atomic E-state index is 11.3. The molecule has 0 amide bonds. The normalized spacial score (nSPS) is 9.38. The second kappa shape index (κ2) is 3.54. The Balaban J connectivity index is 3.48. The molecule has 0 aliphatic rings. The molecule has 0 atom stereocenters. The van der Waals surface area contributed by atoms with Crippen LogP contribution < -0.4 is 0 Å². The van der Waals surface area contributed by atoms with E-state index in [-0.39, 0.29) is 0 Å². The molecule has 0 aliphatic heterocycles. The molecule has 0 aromatic carbocycles. The van der Waals surface area contributed by atoms with Crippen LogP contribution in [-0.2, 0) is 0 Å². The van der Waals surface area contributed by atoms with E-state index in [1.54, 1.807) is 0 Å². The van der Waals surface area contributed by atoms with Crippen molar-refractivity contribution >= 4 is 22.4 Å². The molecule has 0 fully saturated rings. The maximum atomic E-state index is 11.3. The predicted octanol–water partition coefficient (Wildman–Crippen LogP) is 1.57. The largest absolute Gasteiger partial charge is 0.301 e. The fourth-order valence-electron chi connectivity index (χ4n) is 0.115. The first-order valence-corrected chi connectivity index (χ1v) is 2.58. The lowest BCUT2D eigenvalue weighted by atomic mass is 10.8. The van der Waals surface area contributed by atoms with Crippen molar-refractivity contribution in [3.8, 4) is 0 Å². The molecule has 0 spiro atoms. The smallest absolute Gasteiger partial charge is 0.285 e. The molecule has 0 aliphatic carbocycles. The first-order valence-electron chi connectivity index (χ1n) is 1.70. The molecular formula is C3H4F2N2S. The molecule has 0 aromatic rings. The molecule has 0 rings (SSSR count). The highest BCUT2D eigenvalue weighted by Crippen LogP contribution is 2.05. The SMILES string of the molecule is N=CSC(=N)C(F)F. The van der Waals surface area contributed by atoms with Crippen LogP contribution in [0.15, 0.2) is 0 Å². The van der Waals surface area contributed by atoms with Gasteiger partial charge >= 0.3 is 0 Å². The van der Waals surface area contributed by atoms with E-state index in [0.29, 0.717) is 17.3 Å². The lowest BCUT2D eigenvalue weighted by molar-refractivity contribution is 0.228. The minimum atomic E-state index is -2.73. The van der Waals surface area contributed by atoms with E-state index in [1.165, 1.54) is 0 Å². The number of thioether (sulfide) groups is 1. The molecule has 0 heterocycles. The van der Waals surface area contributed by atoms with Crippen LogP contribution in [0, 0.1) is 10.8 Å². The van der Waals surface area contributed by atoms with Crippen molar-refractivity contribution in [3.05, 3.63) is 0 Å². The third kappa shape index (κ3) is 2.68. The zero-order valence-corrected chi connectivity index (χ0v) is 4.64. The highest BCUT2D eigenvalue weighted by atomic mass is 32.2. The summed E-state index contributed by atoms with van der Waals surface area (Å²) in [5.74, 6) is 0. The average molecular weight is 138 g/mol. The number of halogens is 2. The molecule has 0 saturated carbocycles. The lowest BCUT2D eigenvalue weighted by Crippen LogP contribution is -2.02. The summed E-state index contributed by atoms with van der Waals surface area (Å²) in [6.45, 7) is 0. The molecule has 0 aromatic heterocycles. The number of hydrogen-bond donors (Lipinski definition) is 2. The van der Waals surface area contributed by atoms with Crippen molar-refractivity contribution in [3.63, 3.8) is 0 Å². The fraction of sp³-hybridized carbons (Fsp3) is 0.333. The van der Waals surface area contributed by atoms with Crippen LogP contribution in [0.4, 0.5) is 8.78 Å². The molecule has 0 bridgehead atoms. The van der Waals surface area contributed by atoms with Gasteiger partial charge in [-0.05, 0) is 0 Å². The van der Waals surface area contributed by atoms with Crippen molar-refractivity contribution in [2.24, 2.45) is 0 Å². The lowest BCUT2D eigenvalue weighted by Gasteiger charge is -1.92. The van der Waals surface area contributed by atoms with Crippen molar-refractivity contribution in [1.29, 1.82) is 10.8 Å². The maximum Gasteiger partial charge on any atom is 0.285 e. The van der Waals surface area contributed by atoms with Crippen LogP contribution in [0.25, 0.3) is 0 Å². The van der Waals surface area contributed by atoms with E-state index >= 15 is 0 Å². The van der Waals surface area contributed by atoms with Gasteiger partial charge in [-0.25, -0.2) is 8.78 Å². The molecule has 2 N–H and O–H groups in total. The van der Waals surface area contributed by atoms with Gasteiger partial charge in [0.1, 0.15) is 5.04 Å². The fourth-order valence-corrected chi connectivity index (χ4v) is 0.345. The average Bonchev–Trinajstić information content (AvgIpc) is 1.67. The molecule has 0 saturated heterocycles. The Morgan fingerprint density at radius 3 is 2.25 bits per heavy atom. The monoisotopic (exact) mass is 138 g/mol. The molecule has 8 heavy (non-hydrogen) atoms. The van der Waals surface area contributed by atoms with Gasteiger partial charge in [0.15, 0.2) is 0 Å². The summed E-state index contributed by atoms with van der Waals surface area (Å²) in [6.07, 6.45) is -2.73. The van der Waals surface area contributed by atoms with Gasteiger partial charge in [-0.2, -0.15) is 0 Å². The minimum absolute atomic E-state index is 0.414. The topological polar surface area (TPSA) is 47.7 Å². The van der Waals surface area contributed by atoms with E-state index < -0.39 is 11.5 Å². The van der Waals surface area contributed by atoms with Crippen LogP contribution in [0.5, 0.6) is 0 Å². The van der Waals surface area contributed by atoms with E-state index in [1.807, 2.05) is 0 Å². The third-order valence-corrected chi connectivity index (χ3v) is 0.934. The van der Waals surface area contributed by atoms with Gasteiger partial charge in [0.05, 0.1) is 5.55 Å². The zero-order valence-electron chi connectivity index (χ0n) is 3.82. The van der Waals surface area contributed by atoms with Crippen molar-refractivity contribution < 1.29 is 8.78 Å². The second-order valence-electron chi connectivity index (χ2n) is 0.901.